The largest absolute Gasteiger partial charge is 0.369 e. The molecule has 0 radical (unpaired) electrons. The minimum Gasteiger partial charge on any atom is -0.369 e. The lowest BCUT2D eigenvalue weighted by molar-refractivity contribution is 0.101. The van der Waals surface area contributed by atoms with Crippen LogP contribution in [0.25, 0.3) is 0 Å². The van der Waals surface area contributed by atoms with Gasteiger partial charge in [-0.05, 0) is 56.4 Å². The van der Waals surface area contributed by atoms with Crippen molar-refractivity contribution in [2.24, 2.45) is 5.92 Å². The molecule has 0 N–H and O–H groups in total. The Bertz CT molecular complexity index is 488. The SMILES string of the molecule is CC(=O)c1ccc(N2CCN([C@@H]3CC[C@@H](C)C3)CC2)cc1. The van der Waals surface area contributed by atoms with Crippen molar-refractivity contribution in [3.05, 3.63) is 29.8 Å². The monoisotopic (exact) mass is 286 g/mol. The van der Waals surface area contributed by atoms with Gasteiger partial charge in [0.2, 0.25) is 0 Å². The minimum atomic E-state index is 0.140. The molecule has 3 nitrogen and oxygen atoms in total. The summed E-state index contributed by atoms with van der Waals surface area (Å²) >= 11 is 0. The molecule has 1 saturated heterocycles. The lowest BCUT2D eigenvalue weighted by atomic mass is 10.1. The molecule has 0 bridgehead atoms. The summed E-state index contributed by atoms with van der Waals surface area (Å²) in [4.78, 5) is 16.5. The number of Topliss-reactive ketones (excluding diaryl/α,β-unsaturated/α-hetero) is 1. The van der Waals surface area contributed by atoms with Gasteiger partial charge in [-0.2, -0.15) is 0 Å². The number of carbonyl (C=O) groups is 1. The maximum Gasteiger partial charge on any atom is 0.159 e. The average molecular weight is 286 g/mol. The molecule has 1 aromatic rings. The predicted molar refractivity (Wildman–Crippen MR) is 87.0 cm³/mol. The van der Waals surface area contributed by atoms with E-state index >= 15 is 0 Å². The van der Waals surface area contributed by atoms with Gasteiger partial charge in [-0.25, -0.2) is 0 Å². The normalized spacial score (nSPS) is 27.0. The fourth-order valence-electron chi connectivity index (χ4n) is 3.76. The molecular formula is C18H26N2O. The lowest BCUT2D eigenvalue weighted by Gasteiger charge is -2.39. The molecule has 1 aliphatic heterocycles. The smallest absolute Gasteiger partial charge is 0.159 e. The van der Waals surface area contributed by atoms with Crippen molar-refractivity contribution in [2.45, 2.75) is 39.2 Å². The summed E-state index contributed by atoms with van der Waals surface area (Å²) in [5.74, 6) is 1.05. The van der Waals surface area contributed by atoms with E-state index in [9.17, 15) is 4.79 Å². The Kier molecular flexibility index (Phi) is 4.29. The summed E-state index contributed by atoms with van der Waals surface area (Å²) in [5.41, 5.74) is 2.05. The number of anilines is 1. The van der Waals surface area contributed by atoms with Crippen molar-refractivity contribution in [1.29, 1.82) is 0 Å². The molecule has 21 heavy (non-hydrogen) atoms. The van der Waals surface area contributed by atoms with Crippen molar-refractivity contribution < 1.29 is 4.79 Å². The average Bonchev–Trinajstić information content (AvgIpc) is 2.94. The number of nitrogens with zero attached hydrogens (tertiary/aromatic N) is 2. The molecule has 1 aliphatic carbocycles. The van der Waals surface area contributed by atoms with Gasteiger partial charge in [0, 0.05) is 43.5 Å². The van der Waals surface area contributed by atoms with Gasteiger partial charge >= 0.3 is 0 Å². The van der Waals surface area contributed by atoms with Gasteiger partial charge in [-0.1, -0.05) is 6.92 Å². The van der Waals surface area contributed by atoms with Crippen LogP contribution in [0.4, 0.5) is 5.69 Å². The lowest BCUT2D eigenvalue weighted by Crippen LogP contribution is -2.49. The maximum atomic E-state index is 11.3. The first kappa shape index (κ1) is 14.6. The van der Waals surface area contributed by atoms with Gasteiger partial charge in [-0.3, -0.25) is 9.69 Å². The molecular weight excluding hydrogens is 260 g/mol. The van der Waals surface area contributed by atoms with Crippen LogP contribution in [0.3, 0.4) is 0 Å². The second-order valence-corrected chi connectivity index (χ2v) is 6.70. The third-order valence-electron chi connectivity index (χ3n) is 5.14. The fraction of sp³-hybridized carbons (Fsp3) is 0.611. The van der Waals surface area contributed by atoms with E-state index in [-0.39, 0.29) is 5.78 Å². The van der Waals surface area contributed by atoms with E-state index in [1.807, 2.05) is 12.1 Å². The van der Waals surface area contributed by atoms with Gasteiger partial charge in [0.05, 0.1) is 0 Å². The second-order valence-electron chi connectivity index (χ2n) is 6.70. The second kappa shape index (κ2) is 6.18. The molecule has 114 valence electrons. The number of hydrogen-bond acceptors (Lipinski definition) is 3. The third kappa shape index (κ3) is 3.29. The van der Waals surface area contributed by atoms with E-state index < -0.39 is 0 Å². The Balaban J connectivity index is 1.56. The standard InChI is InChI=1S/C18H26N2O/c1-14-3-6-18(13-14)20-11-9-19(10-12-20)17-7-4-16(5-8-17)15(2)21/h4-5,7-8,14,18H,3,6,9-13H2,1-2H3/t14-,18-/m1/s1. The summed E-state index contributed by atoms with van der Waals surface area (Å²) in [5, 5.41) is 0. The molecule has 3 rings (SSSR count). The molecule has 0 unspecified atom stereocenters. The van der Waals surface area contributed by atoms with Crippen LogP contribution in [0.5, 0.6) is 0 Å². The van der Waals surface area contributed by atoms with Crippen molar-refractivity contribution >= 4 is 11.5 Å². The first-order chi connectivity index (χ1) is 10.1. The number of benzene rings is 1. The molecule has 1 heterocycles. The van der Waals surface area contributed by atoms with Gasteiger partial charge in [0.1, 0.15) is 0 Å². The summed E-state index contributed by atoms with van der Waals surface area (Å²) in [6.07, 6.45) is 4.17. The Labute approximate surface area is 127 Å². The highest BCUT2D eigenvalue weighted by molar-refractivity contribution is 5.94. The first-order valence-electron chi connectivity index (χ1n) is 8.23. The van der Waals surface area contributed by atoms with Crippen LogP contribution >= 0.6 is 0 Å². The highest BCUT2D eigenvalue weighted by atomic mass is 16.1. The summed E-state index contributed by atoms with van der Waals surface area (Å²) in [7, 11) is 0. The molecule has 1 saturated carbocycles. The first-order valence-corrected chi connectivity index (χ1v) is 8.23. The van der Waals surface area contributed by atoms with Crippen molar-refractivity contribution in [2.75, 3.05) is 31.1 Å². The Morgan fingerprint density at radius 3 is 2.24 bits per heavy atom. The summed E-state index contributed by atoms with van der Waals surface area (Å²) < 4.78 is 0. The molecule has 3 heteroatoms. The Morgan fingerprint density at radius 1 is 1.05 bits per heavy atom. The highest BCUT2D eigenvalue weighted by Gasteiger charge is 2.29. The van der Waals surface area contributed by atoms with E-state index in [4.69, 9.17) is 0 Å². The van der Waals surface area contributed by atoms with Gasteiger partial charge in [0.15, 0.2) is 5.78 Å². The van der Waals surface area contributed by atoms with Crippen molar-refractivity contribution in [3.8, 4) is 0 Å². The molecule has 1 aromatic carbocycles. The van der Waals surface area contributed by atoms with Crippen LogP contribution in [-0.2, 0) is 0 Å². The third-order valence-corrected chi connectivity index (χ3v) is 5.14. The van der Waals surface area contributed by atoms with Crippen molar-refractivity contribution in [3.63, 3.8) is 0 Å². The predicted octanol–water partition coefficient (Wildman–Crippen LogP) is 3.20. The zero-order valence-electron chi connectivity index (χ0n) is 13.2. The molecule has 2 fully saturated rings. The number of hydrogen-bond donors (Lipinski definition) is 0. The quantitative estimate of drug-likeness (QED) is 0.797. The van der Waals surface area contributed by atoms with Crippen LogP contribution in [0.2, 0.25) is 0 Å². The van der Waals surface area contributed by atoms with E-state index in [1.165, 1.54) is 38.0 Å². The van der Waals surface area contributed by atoms with Gasteiger partial charge < -0.3 is 4.90 Å². The number of rotatable bonds is 3. The minimum absolute atomic E-state index is 0.140. The van der Waals surface area contributed by atoms with Crippen LogP contribution < -0.4 is 4.90 Å². The van der Waals surface area contributed by atoms with Crippen LogP contribution in [0, 0.1) is 5.92 Å². The topological polar surface area (TPSA) is 23.6 Å². The maximum absolute atomic E-state index is 11.3. The molecule has 0 aromatic heterocycles. The number of ketones is 1. The number of piperazine rings is 1. The summed E-state index contributed by atoms with van der Waals surface area (Å²) in [6, 6.07) is 8.89. The van der Waals surface area contributed by atoms with Crippen LogP contribution in [0.15, 0.2) is 24.3 Å². The fourth-order valence-corrected chi connectivity index (χ4v) is 3.76. The Hall–Kier alpha value is -1.35. The van der Waals surface area contributed by atoms with Gasteiger partial charge in [0.25, 0.3) is 0 Å². The zero-order valence-corrected chi connectivity index (χ0v) is 13.2. The molecule has 0 amide bonds. The molecule has 2 aliphatic rings. The van der Waals surface area contributed by atoms with E-state index in [2.05, 4.69) is 28.9 Å². The highest BCUT2D eigenvalue weighted by Crippen LogP contribution is 2.30. The molecule has 0 spiro atoms. The summed E-state index contributed by atoms with van der Waals surface area (Å²) in [6.45, 7) is 8.55. The van der Waals surface area contributed by atoms with E-state index in [0.29, 0.717) is 0 Å². The van der Waals surface area contributed by atoms with Crippen LogP contribution in [-0.4, -0.2) is 42.9 Å². The Morgan fingerprint density at radius 2 is 1.71 bits per heavy atom. The van der Waals surface area contributed by atoms with Gasteiger partial charge in [-0.15, -0.1) is 0 Å². The van der Waals surface area contributed by atoms with Crippen LogP contribution in [0.1, 0.15) is 43.5 Å². The molecule has 2 atom stereocenters. The zero-order chi connectivity index (χ0) is 14.8. The van der Waals surface area contributed by atoms with E-state index in [0.717, 1.165) is 30.6 Å². The van der Waals surface area contributed by atoms with E-state index in [1.54, 1.807) is 6.92 Å². The number of carbonyl (C=O) groups excluding carboxylic acids is 1. The van der Waals surface area contributed by atoms with Crippen molar-refractivity contribution in [1.82, 2.24) is 4.90 Å².